The number of ether oxygens (including phenoxy) is 1. The molecule has 2 N–H and O–H groups in total. The van der Waals surface area contributed by atoms with Crippen molar-refractivity contribution in [3.8, 4) is 5.75 Å². The normalized spacial score (nSPS) is 22.2. The van der Waals surface area contributed by atoms with Crippen LogP contribution in [0.4, 0.5) is 0 Å². The third-order valence-corrected chi connectivity index (χ3v) is 10.2. The number of hydrogen-bond acceptors (Lipinski definition) is 5. The van der Waals surface area contributed by atoms with E-state index in [1.807, 2.05) is 18.0 Å². The first-order valence-corrected chi connectivity index (χ1v) is 11.9. The molecule has 1 aliphatic rings. The van der Waals surface area contributed by atoms with Gasteiger partial charge in [0.2, 0.25) is 0 Å². The molecule has 7 heteroatoms. The van der Waals surface area contributed by atoms with Crippen molar-refractivity contribution in [2.45, 2.75) is 57.2 Å². The smallest absolute Gasteiger partial charge is 0.302 e. The summed E-state index contributed by atoms with van der Waals surface area (Å²) in [5.74, 6) is 1.61. The van der Waals surface area contributed by atoms with Crippen LogP contribution in [-0.4, -0.2) is 37.7 Å². The lowest BCUT2D eigenvalue weighted by Gasteiger charge is -2.36. The van der Waals surface area contributed by atoms with E-state index in [9.17, 15) is 4.79 Å². The Kier molecular flexibility index (Phi) is 5.53. The van der Waals surface area contributed by atoms with E-state index in [2.05, 4.69) is 50.2 Å². The van der Waals surface area contributed by atoms with E-state index in [0.717, 1.165) is 17.2 Å². The predicted octanol–water partition coefficient (Wildman–Crippen LogP) is 3.67. The fourth-order valence-electron chi connectivity index (χ4n) is 2.07. The zero-order valence-electron chi connectivity index (χ0n) is 14.9. The number of hydrogen-bond donors (Lipinski definition) is 2. The molecule has 2 heterocycles. The van der Waals surface area contributed by atoms with E-state index in [4.69, 9.17) is 9.16 Å². The van der Waals surface area contributed by atoms with Crippen LogP contribution >= 0.6 is 11.8 Å². The Labute approximate surface area is 144 Å². The van der Waals surface area contributed by atoms with Gasteiger partial charge < -0.3 is 14.1 Å². The summed E-state index contributed by atoms with van der Waals surface area (Å²) < 4.78 is 11.4. The molecule has 0 radical (unpaired) electrons. The first-order valence-electron chi connectivity index (χ1n) is 7.97. The first kappa shape index (κ1) is 18.4. The monoisotopic (exact) mass is 356 g/mol. The maximum Gasteiger partial charge on any atom is 0.302 e. The van der Waals surface area contributed by atoms with Crippen molar-refractivity contribution in [2.75, 3.05) is 12.4 Å². The largest absolute Gasteiger partial charge is 0.542 e. The van der Waals surface area contributed by atoms with Gasteiger partial charge in [-0.05, 0) is 18.1 Å². The van der Waals surface area contributed by atoms with Gasteiger partial charge >= 0.3 is 5.97 Å². The number of carbonyl (C=O) groups excluding carboxylic acids is 1. The number of carbonyl (C=O) groups is 1. The van der Waals surface area contributed by atoms with Crippen LogP contribution in [0, 0.1) is 0 Å². The summed E-state index contributed by atoms with van der Waals surface area (Å²) in [5, 5.41) is 3.85. The van der Waals surface area contributed by atoms with Crippen molar-refractivity contribution in [1.82, 2.24) is 10.3 Å². The molecular formula is C16H28N2O3SSi. The highest BCUT2D eigenvalue weighted by Crippen LogP contribution is 2.39. The lowest BCUT2D eigenvalue weighted by atomic mass is 10.2. The number of H-pyrrole nitrogens is 1. The van der Waals surface area contributed by atoms with Gasteiger partial charge in [0.15, 0.2) is 0 Å². The molecule has 1 fully saturated rings. The molecule has 0 aromatic carbocycles. The summed E-state index contributed by atoms with van der Waals surface area (Å²) >= 11 is 1.81. The molecule has 0 bridgehead atoms. The van der Waals surface area contributed by atoms with Crippen molar-refractivity contribution in [3.05, 3.63) is 18.0 Å². The quantitative estimate of drug-likeness (QED) is 0.622. The zero-order chi connectivity index (χ0) is 17.3. The van der Waals surface area contributed by atoms with Crippen LogP contribution < -0.4 is 9.74 Å². The van der Waals surface area contributed by atoms with Crippen molar-refractivity contribution in [3.63, 3.8) is 0 Å². The van der Waals surface area contributed by atoms with E-state index in [-0.39, 0.29) is 22.4 Å². The third-order valence-electron chi connectivity index (χ3n) is 4.48. The number of nitrogens with one attached hydrogen (secondary N) is 2. The topological polar surface area (TPSA) is 63.4 Å². The summed E-state index contributed by atoms with van der Waals surface area (Å²) in [6.45, 7) is 13.1. The van der Waals surface area contributed by atoms with Crippen molar-refractivity contribution >= 4 is 26.0 Å². The fraction of sp³-hybridized carbons (Fsp3) is 0.688. The molecule has 5 nitrogen and oxygen atoms in total. The molecule has 2 unspecified atom stereocenters. The van der Waals surface area contributed by atoms with Gasteiger partial charge in [-0.2, -0.15) is 0 Å². The van der Waals surface area contributed by atoms with Gasteiger partial charge in [-0.15, -0.1) is 11.8 Å². The molecule has 1 aromatic heterocycles. The zero-order valence-corrected chi connectivity index (χ0v) is 16.7. The standard InChI is InChI=1S/C16H28N2O3SSi/c1-11(19)20-9-12-10-22-15(18-12)14-7-13(8-17-14)21-23(5,6)16(2,3)4/h7-8,12,15,17-18H,9-10H2,1-6H3. The molecule has 2 atom stereocenters. The Morgan fingerprint density at radius 1 is 1.43 bits per heavy atom. The number of rotatable bonds is 5. The van der Waals surface area contributed by atoms with E-state index in [0.29, 0.717) is 6.61 Å². The van der Waals surface area contributed by atoms with Crippen molar-refractivity contribution in [1.29, 1.82) is 0 Å². The molecule has 23 heavy (non-hydrogen) atoms. The first-order chi connectivity index (χ1) is 10.6. The number of aromatic nitrogens is 1. The van der Waals surface area contributed by atoms with Gasteiger partial charge in [-0.25, -0.2) is 0 Å². The number of esters is 1. The lowest BCUT2D eigenvalue weighted by Crippen LogP contribution is -2.43. The minimum atomic E-state index is -1.82. The SMILES string of the molecule is CC(=O)OCC1CSC(c2cc(O[Si](C)(C)C(C)(C)C)c[nH]2)N1. The minimum absolute atomic E-state index is 0.180. The fourth-order valence-corrected chi connectivity index (χ4v) is 4.30. The van der Waals surface area contributed by atoms with Crippen LogP contribution in [0.15, 0.2) is 12.3 Å². The van der Waals surface area contributed by atoms with Gasteiger partial charge in [0.1, 0.15) is 12.4 Å². The van der Waals surface area contributed by atoms with Crippen LogP contribution in [-0.2, 0) is 9.53 Å². The second kappa shape index (κ2) is 6.90. The van der Waals surface area contributed by atoms with E-state index >= 15 is 0 Å². The summed E-state index contributed by atoms with van der Waals surface area (Å²) in [6, 6.07) is 2.28. The molecule has 0 spiro atoms. The van der Waals surface area contributed by atoms with Crippen LogP contribution in [0.2, 0.25) is 18.1 Å². The van der Waals surface area contributed by atoms with E-state index in [1.165, 1.54) is 6.92 Å². The molecule has 1 aliphatic heterocycles. The van der Waals surface area contributed by atoms with Crippen LogP contribution in [0.3, 0.4) is 0 Å². The molecule has 2 rings (SSSR count). The highest BCUT2D eigenvalue weighted by Gasteiger charge is 2.39. The maximum atomic E-state index is 10.9. The average Bonchev–Trinajstić information content (AvgIpc) is 3.03. The van der Waals surface area contributed by atoms with Crippen LogP contribution in [0.5, 0.6) is 5.75 Å². The van der Waals surface area contributed by atoms with Gasteiger partial charge in [0.05, 0.1) is 11.4 Å². The maximum absolute atomic E-state index is 10.9. The van der Waals surface area contributed by atoms with Gasteiger partial charge in [-0.3, -0.25) is 10.1 Å². The molecule has 0 saturated carbocycles. The van der Waals surface area contributed by atoms with Crippen LogP contribution in [0.1, 0.15) is 38.8 Å². The number of thioether (sulfide) groups is 1. The summed E-state index contributed by atoms with van der Waals surface area (Å²) in [6.07, 6.45) is 1.94. The Bertz CT molecular complexity index is 554. The summed E-state index contributed by atoms with van der Waals surface area (Å²) in [7, 11) is -1.82. The molecule has 1 saturated heterocycles. The lowest BCUT2D eigenvalue weighted by molar-refractivity contribution is -0.141. The highest BCUT2D eigenvalue weighted by molar-refractivity contribution is 7.99. The molecule has 0 amide bonds. The molecule has 1 aromatic rings. The Morgan fingerprint density at radius 2 is 2.13 bits per heavy atom. The predicted molar refractivity (Wildman–Crippen MR) is 97.4 cm³/mol. The Hall–Kier alpha value is -0.923. The second-order valence-corrected chi connectivity index (χ2v) is 13.4. The number of aromatic amines is 1. The minimum Gasteiger partial charge on any atom is -0.542 e. The van der Waals surface area contributed by atoms with Crippen molar-refractivity contribution in [2.24, 2.45) is 0 Å². The van der Waals surface area contributed by atoms with Crippen LogP contribution in [0.25, 0.3) is 0 Å². The second-order valence-electron chi connectivity index (χ2n) is 7.53. The highest BCUT2D eigenvalue weighted by atomic mass is 32.2. The average molecular weight is 357 g/mol. The van der Waals surface area contributed by atoms with Crippen molar-refractivity contribution < 1.29 is 14.0 Å². The van der Waals surface area contributed by atoms with Gasteiger partial charge in [-0.1, -0.05) is 20.8 Å². The summed E-state index contributed by atoms with van der Waals surface area (Å²) in [4.78, 5) is 14.2. The van der Waals surface area contributed by atoms with E-state index < -0.39 is 8.32 Å². The Morgan fingerprint density at radius 3 is 2.74 bits per heavy atom. The molecule has 130 valence electrons. The van der Waals surface area contributed by atoms with Gasteiger partial charge in [0, 0.05) is 30.6 Å². The Balaban J connectivity index is 1.94. The van der Waals surface area contributed by atoms with E-state index in [1.54, 1.807) is 0 Å². The summed E-state index contributed by atoms with van der Waals surface area (Å²) in [5.41, 5.74) is 1.11. The van der Waals surface area contributed by atoms with Gasteiger partial charge in [0.25, 0.3) is 8.32 Å². The molecule has 0 aliphatic carbocycles. The molecular weight excluding hydrogens is 328 g/mol. The third kappa shape index (κ3) is 4.78.